The van der Waals surface area contributed by atoms with Crippen LogP contribution < -0.4 is 5.32 Å². The largest absolute Gasteiger partial charge is 0.325 e. The van der Waals surface area contributed by atoms with Gasteiger partial charge in [-0.1, -0.05) is 41.6 Å². The minimum atomic E-state index is -0.0119. The Balaban J connectivity index is 1.70. The number of anilines is 1. The summed E-state index contributed by atoms with van der Waals surface area (Å²) in [6.07, 6.45) is 0. The van der Waals surface area contributed by atoms with E-state index in [2.05, 4.69) is 29.4 Å². The predicted molar refractivity (Wildman–Crippen MR) is 101 cm³/mol. The first-order valence-corrected chi connectivity index (χ1v) is 8.86. The van der Waals surface area contributed by atoms with Gasteiger partial charge in [-0.15, -0.1) is 0 Å². The molecule has 0 aliphatic heterocycles. The van der Waals surface area contributed by atoms with Gasteiger partial charge in [-0.2, -0.15) is 0 Å². The van der Waals surface area contributed by atoms with Crippen molar-refractivity contribution >= 4 is 34.4 Å². The first-order chi connectivity index (χ1) is 11.5. The van der Waals surface area contributed by atoms with E-state index in [0.29, 0.717) is 5.75 Å². The molecule has 0 unspecified atom stereocenters. The third-order valence-electron chi connectivity index (χ3n) is 4.02. The van der Waals surface area contributed by atoms with Gasteiger partial charge < -0.3 is 9.88 Å². The van der Waals surface area contributed by atoms with Gasteiger partial charge in [0.25, 0.3) is 0 Å². The van der Waals surface area contributed by atoms with Crippen LogP contribution in [-0.2, 0) is 11.8 Å². The SMILES string of the molecule is Cc1cc(C)c(NC(=O)CSc2nc3ccccc3n2C)c(C)c1. The molecule has 0 radical (unpaired) electrons. The highest BCUT2D eigenvalue weighted by Gasteiger charge is 2.12. The van der Waals surface area contributed by atoms with E-state index in [1.807, 2.05) is 49.7 Å². The van der Waals surface area contributed by atoms with Crippen LogP contribution in [0.15, 0.2) is 41.6 Å². The van der Waals surface area contributed by atoms with Gasteiger partial charge >= 0.3 is 0 Å². The van der Waals surface area contributed by atoms with E-state index in [4.69, 9.17) is 0 Å². The van der Waals surface area contributed by atoms with Crippen molar-refractivity contribution < 1.29 is 4.79 Å². The number of rotatable bonds is 4. The summed E-state index contributed by atoms with van der Waals surface area (Å²) in [5, 5.41) is 3.88. The van der Waals surface area contributed by atoms with Crippen LogP contribution in [0, 0.1) is 20.8 Å². The molecule has 1 aromatic heterocycles. The molecule has 0 spiro atoms. The molecule has 5 heteroatoms. The Kier molecular flexibility index (Phi) is 4.62. The number of hydrogen-bond donors (Lipinski definition) is 1. The number of hydrogen-bond acceptors (Lipinski definition) is 3. The van der Waals surface area contributed by atoms with Gasteiger partial charge in [0.05, 0.1) is 16.8 Å². The van der Waals surface area contributed by atoms with Crippen LogP contribution in [0.2, 0.25) is 0 Å². The van der Waals surface area contributed by atoms with E-state index in [-0.39, 0.29) is 5.91 Å². The molecule has 2 aromatic carbocycles. The topological polar surface area (TPSA) is 46.9 Å². The van der Waals surface area contributed by atoms with Crippen molar-refractivity contribution in [2.24, 2.45) is 7.05 Å². The molecule has 1 amide bonds. The number of nitrogens with one attached hydrogen (secondary N) is 1. The fourth-order valence-electron chi connectivity index (χ4n) is 2.94. The molecule has 0 bridgehead atoms. The normalized spacial score (nSPS) is 11.0. The zero-order chi connectivity index (χ0) is 17.3. The molecule has 24 heavy (non-hydrogen) atoms. The van der Waals surface area contributed by atoms with Crippen LogP contribution >= 0.6 is 11.8 Å². The highest BCUT2D eigenvalue weighted by Crippen LogP contribution is 2.24. The summed E-state index contributed by atoms with van der Waals surface area (Å²) in [6, 6.07) is 12.2. The van der Waals surface area contributed by atoms with Crippen LogP contribution in [-0.4, -0.2) is 21.2 Å². The average Bonchev–Trinajstić information content (AvgIpc) is 2.85. The monoisotopic (exact) mass is 339 g/mol. The highest BCUT2D eigenvalue weighted by molar-refractivity contribution is 7.99. The predicted octanol–water partition coefficient (Wildman–Crippen LogP) is 4.23. The van der Waals surface area contributed by atoms with Crippen molar-refractivity contribution in [2.45, 2.75) is 25.9 Å². The Labute approximate surface area is 146 Å². The van der Waals surface area contributed by atoms with Crippen molar-refractivity contribution in [3.8, 4) is 0 Å². The van der Waals surface area contributed by atoms with Crippen molar-refractivity contribution in [3.63, 3.8) is 0 Å². The lowest BCUT2D eigenvalue weighted by Gasteiger charge is -2.12. The zero-order valence-corrected chi connectivity index (χ0v) is 15.2. The number of amides is 1. The van der Waals surface area contributed by atoms with E-state index >= 15 is 0 Å². The molecule has 0 aliphatic rings. The fourth-order valence-corrected chi connectivity index (χ4v) is 3.72. The van der Waals surface area contributed by atoms with Crippen LogP contribution in [0.1, 0.15) is 16.7 Å². The second-order valence-electron chi connectivity index (χ2n) is 6.05. The summed E-state index contributed by atoms with van der Waals surface area (Å²) in [5.41, 5.74) is 6.33. The van der Waals surface area contributed by atoms with E-state index in [0.717, 1.165) is 33.0 Å². The molecule has 0 aliphatic carbocycles. The van der Waals surface area contributed by atoms with Crippen LogP contribution in [0.25, 0.3) is 11.0 Å². The number of fused-ring (bicyclic) bond motifs is 1. The average molecular weight is 339 g/mol. The Bertz CT molecular complexity index is 891. The number of nitrogens with zero attached hydrogens (tertiary/aromatic N) is 2. The molecule has 3 aromatic rings. The molecule has 1 N–H and O–H groups in total. The zero-order valence-electron chi connectivity index (χ0n) is 14.4. The maximum absolute atomic E-state index is 12.3. The molecule has 0 saturated carbocycles. The van der Waals surface area contributed by atoms with Crippen molar-refractivity contribution in [2.75, 3.05) is 11.1 Å². The van der Waals surface area contributed by atoms with Crippen molar-refractivity contribution in [1.82, 2.24) is 9.55 Å². The Morgan fingerprint density at radius 2 is 1.83 bits per heavy atom. The Hall–Kier alpha value is -2.27. The van der Waals surface area contributed by atoms with Gasteiger partial charge in [0.15, 0.2) is 5.16 Å². The van der Waals surface area contributed by atoms with Crippen LogP contribution in [0.3, 0.4) is 0 Å². The standard InChI is InChI=1S/C19H21N3OS/c1-12-9-13(2)18(14(3)10-12)21-17(23)11-24-19-20-15-7-5-6-8-16(15)22(19)4/h5-10H,11H2,1-4H3,(H,21,23). The third kappa shape index (κ3) is 3.31. The number of carbonyl (C=O) groups is 1. The molecular weight excluding hydrogens is 318 g/mol. The number of thioether (sulfide) groups is 1. The van der Waals surface area contributed by atoms with E-state index in [1.54, 1.807) is 0 Å². The van der Waals surface area contributed by atoms with Crippen LogP contribution in [0.5, 0.6) is 0 Å². The molecule has 0 atom stereocenters. The van der Waals surface area contributed by atoms with Gasteiger partial charge in [0.2, 0.25) is 5.91 Å². The minimum Gasteiger partial charge on any atom is -0.325 e. The maximum atomic E-state index is 12.3. The van der Waals surface area contributed by atoms with E-state index in [9.17, 15) is 4.79 Å². The summed E-state index contributed by atoms with van der Waals surface area (Å²) < 4.78 is 2.02. The lowest BCUT2D eigenvalue weighted by molar-refractivity contribution is -0.113. The smallest absolute Gasteiger partial charge is 0.234 e. The number of carbonyl (C=O) groups excluding carboxylic acids is 1. The highest BCUT2D eigenvalue weighted by atomic mass is 32.2. The van der Waals surface area contributed by atoms with Gasteiger partial charge in [0.1, 0.15) is 0 Å². The second kappa shape index (κ2) is 6.69. The summed E-state index contributed by atoms with van der Waals surface area (Å²) in [7, 11) is 1.98. The summed E-state index contributed by atoms with van der Waals surface area (Å²) in [6.45, 7) is 6.11. The first-order valence-electron chi connectivity index (χ1n) is 7.87. The second-order valence-corrected chi connectivity index (χ2v) is 7.00. The third-order valence-corrected chi connectivity index (χ3v) is 5.05. The molecule has 3 rings (SSSR count). The molecule has 124 valence electrons. The molecule has 0 fully saturated rings. The molecule has 4 nitrogen and oxygen atoms in total. The maximum Gasteiger partial charge on any atom is 0.234 e. The molecular formula is C19H21N3OS. The summed E-state index contributed by atoms with van der Waals surface area (Å²) >= 11 is 1.45. The lowest BCUT2D eigenvalue weighted by Crippen LogP contribution is -2.16. The minimum absolute atomic E-state index is 0.0119. The number of aryl methyl sites for hydroxylation is 4. The Morgan fingerprint density at radius 1 is 1.17 bits per heavy atom. The van der Waals surface area contributed by atoms with Crippen LogP contribution in [0.4, 0.5) is 5.69 Å². The quantitative estimate of drug-likeness (QED) is 0.724. The molecule has 1 heterocycles. The Morgan fingerprint density at radius 3 is 2.50 bits per heavy atom. The lowest BCUT2D eigenvalue weighted by atomic mass is 10.1. The fraction of sp³-hybridized carbons (Fsp3) is 0.263. The van der Waals surface area contributed by atoms with Crippen molar-refractivity contribution in [1.29, 1.82) is 0 Å². The van der Waals surface area contributed by atoms with E-state index < -0.39 is 0 Å². The number of aromatic nitrogens is 2. The first kappa shape index (κ1) is 16.6. The summed E-state index contributed by atoms with van der Waals surface area (Å²) in [5.74, 6) is 0.325. The van der Waals surface area contributed by atoms with Gasteiger partial charge in [-0.05, 0) is 44.0 Å². The number of benzene rings is 2. The van der Waals surface area contributed by atoms with E-state index in [1.165, 1.54) is 17.3 Å². The molecule has 0 saturated heterocycles. The van der Waals surface area contributed by atoms with Gasteiger partial charge in [-0.25, -0.2) is 4.98 Å². The van der Waals surface area contributed by atoms with Crippen molar-refractivity contribution in [3.05, 3.63) is 53.1 Å². The summed E-state index contributed by atoms with van der Waals surface area (Å²) in [4.78, 5) is 16.9. The van der Waals surface area contributed by atoms with Gasteiger partial charge in [0, 0.05) is 12.7 Å². The van der Waals surface area contributed by atoms with Gasteiger partial charge in [-0.3, -0.25) is 4.79 Å². The number of para-hydroxylation sites is 2. The number of imidazole rings is 1.